The lowest BCUT2D eigenvalue weighted by Gasteiger charge is -2.29. The second-order valence-corrected chi connectivity index (χ2v) is 3.90. The van der Waals surface area contributed by atoms with Crippen LogP contribution >= 0.6 is 0 Å². The molecule has 2 aromatic heterocycles. The third-order valence-electron chi connectivity index (χ3n) is 2.84. The van der Waals surface area contributed by atoms with Crippen LogP contribution in [0.15, 0.2) is 6.33 Å². The maximum absolute atomic E-state index is 9.21. The number of anilines is 1. The van der Waals surface area contributed by atoms with Crippen LogP contribution in [0.1, 0.15) is 24.6 Å². The number of aromatic amines is 1. The first-order valence-corrected chi connectivity index (χ1v) is 4.88. The van der Waals surface area contributed by atoms with Gasteiger partial charge in [0.1, 0.15) is 17.7 Å². The zero-order valence-electron chi connectivity index (χ0n) is 8.01. The average molecular weight is 205 g/mol. The fourth-order valence-electron chi connectivity index (χ4n) is 1.87. The highest BCUT2D eigenvalue weighted by atomic mass is 16.3. The summed E-state index contributed by atoms with van der Waals surface area (Å²) in [6.07, 6.45) is 2.73. The van der Waals surface area contributed by atoms with E-state index in [9.17, 15) is 5.11 Å². The lowest BCUT2D eigenvalue weighted by molar-refractivity contribution is 0.0720. The summed E-state index contributed by atoms with van der Waals surface area (Å²) in [7, 11) is 0. The Morgan fingerprint density at radius 1 is 1.40 bits per heavy atom. The number of fused-ring (bicyclic) bond motifs is 1. The zero-order chi connectivity index (χ0) is 10.4. The van der Waals surface area contributed by atoms with Crippen LogP contribution in [-0.2, 0) is 0 Å². The second kappa shape index (κ2) is 2.90. The number of nitrogens with zero attached hydrogens (tertiary/aromatic N) is 3. The molecular weight excluding hydrogens is 194 g/mol. The Labute approximate surface area is 85.6 Å². The molecule has 1 saturated carbocycles. The molecule has 2 heterocycles. The Bertz CT molecular complexity index is 502. The van der Waals surface area contributed by atoms with Crippen LogP contribution in [0.5, 0.6) is 0 Å². The number of nitrogens with one attached hydrogen (secondary N) is 1. The van der Waals surface area contributed by atoms with E-state index in [1.54, 1.807) is 0 Å². The highest BCUT2D eigenvalue weighted by molar-refractivity contribution is 5.81. The van der Waals surface area contributed by atoms with Crippen molar-refractivity contribution in [2.75, 3.05) is 5.73 Å². The van der Waals surface area contributed by atoms with Gasteiger partial charge in [-0.05, 0) is 12.8 Å². The zero-order valence-corrected chi connectivity index (χ0v) is 8.01. The Balaban J connectivity index is 2.03. The van der Waals surface area contributed by atoms with E-state index in [-0.39, 0.29) is 6.10 Å². The minimum Gasteiger partial charge on any atom is -0.393 e. The molecule has 1 aliphatic rings. The van der Waals surface area contributed by atoms with E-state index < -0.39 is 0 Å². The molecule has 0 aliphatic heterocycles. The normalized spacial score (nSPS) is 25.4. The van der Waals surface area contributed by atoms with Gasteiger partial charge in [0.25, 0.3) is 0 Å². The molecule has 0 spiro atoms. The summed E-state index contributed by atoms with van der Waals surface area (Å²) in [5.74, 6) is 1.56. The van der Waals surface area contributed by atoms with Crippen LogP contribution in [0.2, 0.25) is 0 Å². The molecule has 0 atom stereocenters. The quantitative estimate of drug-likeness (QED) is 0.616. The van der Waals surface area contributed by atoms with Gasteiger partial charge in [-0.3, -0.25) is 0 Å². The SMILES string of the molecule is Nc1ncnc2nc(C3CC(O)C3)[nH]c12. The fraction of sp³-hybridized carbons (Fsp3) is 0.444. The van der Waals surface area contributed by atoms with Gasteiger partial charge in [0.2, 0.25) is 0 Å². The van der Waals surface area contributed by atoms with Gasteiger partial charge in [-0.25, -0.2) is 15.0 Å². The second-order valence-electron chi connectivity index (χ2n) is 3.90. The first kappa shape index (κ1) is 8.60. The Hall–Kier alpha value is -1.69. The summed E-state index contributed by atoms with van der Waals surface area (Å²) in [6.45, 7) is 0. The van der Waals surface area contributed by atoms with Gasteiger partial charge >= 0.3 is 0 Å². The maximum Gasteiger partial charge on any atom is 0.183 e. The molecule has 0 bridgehead atoms. The van der Waals surface area contributed by atoms with Crippen molar-refractivity contribution in [1.29, 1.82) is 0 Å². The van der Waals surface area contributed by atoms with Crippen LogP contribution in [0.4, 0.5) is 5.82 Å². The van der Waals surface area contributed by atoms with Crippen molar-refractivity contribution < 1.29 is 5.11 Å². The first-order valence-electron chi connectivity index (χ1n) is 4.88. The standard InChI is InChI=1S/C9H11N5O/c10-7-6-9(12-3-11-7)14-8(13-6)4-1-5(15)2-4/h3-5,15H,1-2H2,(H3,10,11,12,13,14). The molecule has 2 aromatic rings. The molecule has 3 rings (SSSR count). The van der Waals surface area contributed by atoms with Gasteiger partial charge < -0.3 is 15.8 Å². The van der Waals surface area contributed by atoms with Crippen LogP contribution in [0.25, 0.3) is 11.2 Å². The van der Waals surface area contributed by atoms with Crippen molar-refractivity contribution in [3.63, 3.8) is 0 Å². The van der Waals surface area contributed by atoms with Gasteiger partial charge in [-0.2, -0.15) is 0 Å². The molecular formula is C9H11N5O. The molecule has 1 fully saturated rings. The Morgan fingerprint density at radius 2 is 2.20 bits per heavy atom. The van der Waals surface area contributed by atoms with E-state index in [0.717, 1.165) is 18.7 Å². The van der Waals surface area contributed by atoms with Gasteiger partial charge in [0, 0.05) is 5.92 Å². The van der Waals surface area contributed by atoms with Gasteiger partial charge in [-0.15, -0.1) is 0 Å². The molecule has 0 aromatic carbocycles. The number of H-pyrrole nitrogens is 1. The number of aromatic nitrogens is 4. The molecule has 6 heteroatoms. The van der Waals surface area contributed by atoms with E-state index in [1.807, 2.05) is 0 Å². The highest BCUT2D eigenvalue weighted by Gasteiger charge is 2.31. The van der Waals surface area contributed by atoms with Crippen molar-refractivity contribution in [3.05, 3.63) is 12.2 Å². The van der Waals surface area contributed by atoms with Crippen molar-refractivity contribution in [3.8, 4) is 0 Å². The number of aliphatic hydroxyl groups excluding tert-OH is 1. The van der Waals surface area contributed by atoms with Gasteiger partial charge in [-0.1, -0.05) is 0 Å². The van der Waals surface area contributed by atoms with Gasteiger partial charge in [0.15, 0.2) is 11.5 Å². The van der Waals surface area contributed by atoms with E-state index in [1.165, 1.54) is 6.33 Å². The van der Waals surface area contributed by atoms with Crippen molar-refractivity contribution in [1.82, 2.24) is 19.9 Å². The summed E-state index contributed by atoms with van der Waals surface area (Å²) in [5.41, 5.74) is 6.97. The molecule has 15 heavy (non-hydrogen) atoms. The summed E-state index contributed by atoms with van der Waals surface area (Å²) >= 11 is 0. The summed E-state index contributed by atoms with van der Waals surface area (Å²) in [4.78, 5) is 15.4. The van der Waals surface area contributed by atoms with E-state index in [0.29, 0.717) is 22.9 Å². The Kier molecular flexibility index (Phi) is 1.66. The minimum atomic E-state index is -0.188. The number of hydrogen-bond donors (Lipinski definition) is 3. The van der Waals surface area contributed by atoms with Crippen LogP contribution in [0.3, 0.4) is 0 Å². The molecule has 6 nitrogen and oxygen atoms in total. The number of imidazole rings is 1. The third kappa shape index (κ3) is 1.25. The lowest BCUT2D eigenvalue weighted by Crippen LogP contribution is -2.27. The average Bonchev–Trinajstić information content (AvgIpc) is 2.58. The molecule has 0 saturated heterocycles. The van der Waals surface area contributed by atoms with Crippen LogP contribution in [-0.4, -0.2) is 31.1 Å². The van der Waals surface area contributed by atoms with Crippen molar-refractivity contribution in [2.45, 2.75) is 24.9 Å². The summed E-state index contributed by atoms with van der Waals surface area (Å²) < 4.78 is 0. The lowest BCUT2D eigenvalue weighted by atomic mass is 9.82. The number of aliphatic hydroxyl groups is 1. The molecule has 0 unspecified atom stereocenters. The highest BCUT2D eigenvalue weighted by Crippen LogP contribution is 2.35. The largest absolute Gasteiger partial charge is 0.393 e. The predicted molar refractivity (Wildman–Crippen MR) is 54.1 cm³/mol. The van der Waals surface area contributed by atoms with E-state index >= 15 is 0 Å². The van der Waals surface area contributed by atoms with Crippen LogP contribution < -0.4 is 5.73 Å². The van der Waals surface area contributed by atoms with E-state index in [2.05, 4.69) is 19.9 Å². The molecule has 1 aliphatic carbocycles. The maximum atomic E-state index is 9.21. The monoisotopic (exact) mass is 205 g/mol. The topological polar surface area (TPSA) is 101 Å². The van der Waals surface area contributed by atoms with Crippen molar-refractivity contribution >= 4 is 17.0 Å². The number of hydrogen-bond acceptors (Lipinski definition) is 5. The predicted octanol–water partition coefficient (Wildman–Crippen LogP) is 0.173. The summed E-state index contributed by atoms with van der Waals surface area (Å²) in [5, 5.41) is 9.21. The van der Waals surface area contributed by atoms with Gasteiger partial charge in [0.05, 0.1) is 6.10 Å². The van der Waals surface area contributed by atoms with Crippen LogP contribution in [0, 0.1) is 0 Å². The van der Waals surface area contributed by atoms with Crippen molar-refractivity contribution in [2.24, 2.45) is 0 Å². The molecule has 4 N–H and O–H groups in total. The first-order chi connectivity index (χ1) is 7.24. The Morgan fingerprint density at radius 3 is 2.87 bits per heavy atom. The fourth-order valence-corrected chi connectivity index (χ4v) is 1.87. The third-order valence-corrected chi connectivity index (χ3v) is 2.84. The molecule has 0 amide bonds. The number of nitrogens with two attached hydrogens (primary N) is 1. The van der Waals surface area contributed by atoms with E-state index in [4.69, 9.17) is 5.73 Å². The minimum absolute atomic E-state index is 0.188. The number of rotatable bonds is 1. The molecule has 78 valence electrons. The smallest absolute Gasteiger partial charge is 0.183 e. The summed E-state index contributed by atoms with van der Waals surface area (Å²) in [6, 6.07) is 0. The number of nitrogen functional groups attached to an aromatic ring is 1. The molecule has 0 radical (unpaired) electrons.